The Kier molecular flexibility index (Phi) is 4.05. The van der Waals surface area contributed by atoms with Gasteiger partial charge in [-0.1, -0.05) is 26.0 Å². The van der Waals surface area contributed by atoms with Gasteiger partial charge in [0.1, 0.15) is 12.4 Å². The van der Waals surface area contributed by atoms with Crippen LogP contribution in [0.4, 0.5) is 0 Å². The van der Waals surface area contributed by atoms with Gasteiger partial charge in [0.15, 0.2) is 0 Å². The van der Waals surface area contributed by atoms with E-state index in [2.05, 4.69) is 0 Å². The van der Waals surface area contributed by atoms with Crippen molar-refractivity contribution in [1.82, 2.24) is 4.90 Å². The van der Waals surface area contributed by atoms with Crippen molar-refractivity contribution in [3.63, 3.8) is 0 Å². The van der Waals surface area contributed by atoms with Crippen LogP contribution >= 0.6 is 0 Å². The molecule has 1 heterocycles. The minimum atomic E-state index is -0.263. The fourth-order valence-electron chi connectivity index (χ4n) is 2.93. The third-order valence-corrected chi connectivity index (χ3v) is 3.85. The van der Waals surface area contributed by atoms with Gasteiger partial charge in [-0.25, -0.2) is 0 Å². The van der Waals surface area contributed by atoms with Gasteiger partial charge in [-0.15, -0.1) is 0 Å². The van der Waals surface area contributed by atoms with Gasteiger partial charge >= 0.3 is 0 Å². The number of benzene rings is 2. The second-order valence-corrected chi connectivity index (χ2v) is 6.03. The maximum atomic E-state index is 12.7. The predicted octanol–water partition coefficient (Wildman–Crippen LogP) is 2.46. The molecular formula is C18H19NO4. The van der Waals surface area contributed by atoms with Crippen molar-refractivity contribution in [2.45, 2.75) is 13.8 Å². The molecule has 0 fully saturated rings. The van der Waals surface area contributed by atoms with E-state index in [4.69, 9.17) is 9.84 Å². The van der Waals surface area contributed by atoms with E-state index < -0.39 is 0 Å². The van der Waals surface area contributed by atoms with E-state index in [1.807, 2.05) is 19.9 Å². The average Bonchev–Trinajstić information content (AvgIpc) is 2.54. The summed E-state index contributed by atoms with van der Waals surface area (Å²) in [6, 6.07) is 8.77. The van der Waals surface area contributed by atoms with Crippen molar-refractivity contribution in [1.29, 1.82) is 0 Å². The standard InChI is InChI=1S/C18H19NO4/c1-11(2)10-19-17(21)13-5-3-4-12-15(23-9-8-20)7-6-14(16(12)13)18(19)22/h3-7,11,20H,8-10H2,1-2H3. The van der Waals surface area contributed by atoms with Crippen LogP contribution in [0.15, 0.2) is 30.3 Å². The second-order valence-electron chi connectivity index (χ2n) is 6.03. The molecule has 2 amide bonds. The minimum absolute atomic E-state index is 0.0943. The molecule has 3 rings (SSSR count). The second kappa shape index (κ2) is 6.01. The van der Waals surface area contributed by atoms with Gasteiger partial charge in [-0.2, -0.15) is 0 Å². The van der Waals surface area contributed by atoms with E-state index in [0.717, 1.165) is 5.39 Å². The lowest BCUT2D eigenvalue weighted by atomic mass is 9.93. The van der Waals surface area contributed by atoms with Crippen molar-refractivity contribution in [2.75, 3.05) is 19.8 Å². The molecule has 0 unspecified atom stereocenters. The molecular weight excluding hydrogens is 294 g/mol. The fourth-order valence-corrected chi connectivity index (χ4v) is 2.93. The Balaban J connectivity index is 2.17. The van der Waals surface area contributed by atoms with E-state index >= 15 is 0 Å². The first-order valence-corrected chi connectivity index (χ1v) is 7.70. The highest BCUT2D eigenvalue weighted by Crippen LogP contribution is 2.35. The van der Waals surface area contributed by atoms with Gasteiger partial charge in [-0.3, -0.25) is 14.5 Å². The largest absolute Gasteiger partial charge is 0.491 e. The number of carbonyl (C=O) groups excluding carboxylic acids is 2. The number of aliphatic hydroxyl groups excluding tert-OH is 1. The van der Waals surface area contributed by atoms with Crippen molar-refractivity contribution in [3.05, 3.63) is 41.5 Å². The molecule has 0 saturated carbocycles. The Morgan fingerprint density at radius 3 is 2.43 bits per heavy atom. The number of aliphatic hydroxyl groups is 1. The zero-order valence-corrected chi connectivity index (χ0v) is 13.2. The Hall–Kier alpha value is -2.40. The van der Waals surface area contributed by atoms with Crippen LogP contribution in [0.1, 0.15) is 34.6 Å². The Morgan fingerprint density at radius 2 is 1.78 bits per heavy atom. The number of ether oxygens (including phenoxy) is 1. The topological polar surface area (TPSA) is 66.8 Å². The summed E-state index contributed by atoms with van der Waals surface area (Å²) in [5.74, 6) is 0.246. The molecule has 0 spiro atoms. The van der Waals surface area contributed by atoms with Crippen LogP contribution in [0.5, 0.6) is 5.75 Å². The van der Waals surface area contributed by atoms with Crippen molar-refractivity contribution in [3.8, 4) is 5.75 Å². The summed E-state index contributed by atoms with van der Waals surface area (Å²) < 4.78 is 5.52. The van der Waals surface area contributed by atoms with Crippen molar-refractivity contribution in [2.24, 2.45) is 5.92 Å². The van der Waals surface area contributed by atoms with E-state index in [0.29, 0.717) is 28.8 Å². The smallest absolute Gasteiger partial charge is 0.261 e. The Labute approximate surface area is 134 Å². The summed E-state index contributed by atoms with van der Waals surface area (Å²) in [5.41, 5.74) is 1.04. The molecule has 120 valence electrons. The van der Waals surface area contributed by atoms with Crippen LogP contribution < -0.4 is 4.74 Å². The first-order chi connectivity index (χ1) is 11.0. The van der Waals surface area contributed by atoms with Crippen molar-refractivity contribution >= 4 is 22.6 Å². The van der Waals surface area contributed by atoms with E-state index in [1.54, 1.807) is 24.3 Å². The highest BCUT2D eigenvalue weighted by Gasteiger charge is 2.33. The number of hydrogen-bond donors (Lipinski definition) is 1. The first kappa shape index (κ1) is 15.5. The average molecular weight is 313 g/mol. The molecule has 1 N–H and O–H groups in total. The van der Waals surface area contributed by atoms with Gasteiger partial charge in [0, 0.05) is 28.4 Å². The van der Waals surface area contributed by atoms with Gasteiger partial charge in [0.25, 0.3) is 11.8 Å². The fraction of sp³-hybridized carbons (Fsp3) is 0.333. The maximum Gasteiger partial charge on any atom is 0.261 e. The first-order valence-electron chi connectivity index (χ1n) is 7.70. The molecule has 2 aromatic rings. The monoisotopic (exact) mass is 313 g/mol. The molecule has 0 saturated heterocycles. The van der Waals surface area contributed by atoms with Crippen LogP contribution in [0.2, 0.25) is 0 Å². The molecule has 23 heavy (non-hydrogen) atoms. The third kappa shape index (κ3) is 2.57. The molecule has 0 radical (unpaired) electrons. The normalized spacial score (nSPS) is 14.0. The summed E-state index contributed by atoms with van der Waals surface area (Å²) in [4.78, 5) is 26.7. The zero-order chi connectivity index (χ0) is 16.6. The summed E-state index contributed by atoms with van der Waals surface area (Å²) in [7, 11) is 0. The summed E-state index contributed by atoms with van der Waals surface area (Å²) in [5, 5.41) is 10.3. The van der Waals surface area contributed by atoms with Gasteiger partial charge in [0.05, 0.1) is 6.61 Å². The number of rotatable bonds is 5. The summed E-state index contributed by atoms with van der Waals surface area (Å²) in [6.45, 7) is 4.42. The molecule has 5 nitrogen and oxygen atoms in total. The Morgan fingerprint density at radius 1 is 1.09 bits per heavy atom. The molecule has 0 atom stereocenters. The van der Waals surface area contributed by atoms with Crippen molar-refractivity contribution < 1.29 is 19.4 Å². The summed E-state index contributed by atoms with van der Waals surface area (Å²) in [6.07, 6.45) is 0. The highest BCUT2D eigenvalue weighted by molar-refractivity contribution is 6.26. The van der Waals surface area contributed by atoms with Crippen LogP contribution in [0.3, 0.4) is 0 Å². The molecule has 2 aromatic carbocycles. The predicted molar refractivity (Wildman–Crippen MR) is 86.7 cm³/mol. The minimum Gasteiger partial charge on any atom is -0.491 e. The number of nitrogens with zero attached hydrogens (tertiary/aromatic N) is 1. The zero-order valence-electron chi connectivity index (χ0n) is 13.2. The maximum absolute atomic E-state index is 12.7. The molecule has 5 heteroatoms. The molecule has 1 aliphatic heterocycles. The van der Waals surface area contributed by atoms with E-state index in [1.165, 1.54) is 4.90 Å². The highest BCUT2D eigenvalue weighted by atomic mass is 16.5. The van der Waals surface area contributed by atoms with Gasteiger partial charge < -0.3 is 9.84 Å². The summed E-state index contributed by atoms with van der Waals surface area (Å²) >= 11 is 0. The number of hydrogen-bond acceptors (Lipinski definition) is 4. The number of carbonyl (C=O) groups is 2. The van der Waals surface area contributed by atoms with Gasteiger partial charge in [-0.05, 0) is 24.1 Å². The lowest BCUT2D eigenvalue weighted by molar-refractivity contribution is 0.0592. The Bertz CT molecular complexity index is 760. The lowest BCUT2D eigenvalue weighted by Crippen LogP contribution is -2.42. The molecule has 0 aromatic heterocycles. The number of amides is 2. The van der Waals surface area contributed by atoms with Crippen LogP contribution in [0.25, 0.3) is 10.8 Å². The lowest BCUT2D eigenvalue weighted by Gasteiger charge is -2.28. The van der Waals surface area contributed by atoms with E-state index in [-0.39, 0.29) is 30.9 Å². The molecule has 1 aliphatic rings. The van der Waals surface area contributed by atoms with Crippen LogP contribution in [-0.4, -0.2) is 41.6 Å². The molecule has 0 aliphatic carbocycles. The SMILES string of the molecule is CC(C)CN1C(=O)c2cccc3c(OCCO)ccc(c23)C1=O. The quantitative estimate of drug-likeness (QED) is 0.861. The van der Waals surface area contributed by atoms with Crippen LogP contribution in [0, 0.1) is 5.92 Å². The van der Waals surface area contributed by atoms with E-state index in [9.17, 15) is 9.59 Å². The van der Waals surface area contributed by atoms with Gasteiger partial charge in [0.2, 0.25) is 0 Å². The van der Waals surface area contributed by atoms with Crippen LogP contribution in [-0.2, 0) is 0 Å². The third-order valence-electron chi connectivity index (χ3n) is 3.85. The molecule has 0 bridgehead atoms. The number of imide groups is 1.